The molecule has 1 N–H and O–H groups in total. The Hall–Kier alpha value is -3.24. The number of allylic oxidation sites excluding steroid dienone is 1. The van der Waals surface area contributed by atoms with Gasteiger partial charge in [0.2, 0.25) is 10.9 Å². The molecular weight excluding hydrogens is 586 g/mol. The normalized spacial score (nSPS) is 35.6. The SMILES string of the molecule is C[C@H]1C[C@@H]2[C@H]([C@@H](O)C[C@@]3(C)[C@H]2CC[C@]3(OC(=O)c2ccco2)C(=O)SCF)[C@@]2(C)Cc3cnn(-c4ccc(F)cc4)c3C=C12. The number of thioether (sulfide) groups is 1. The number of nitrogens with zero attached hydrogens (tertiary/aromatic N) is 2. The third-order valence-corrected chi connectivity index (χ3v) is 12.1. The molecule has 0 spiro atoms. The number of aliphatic hydroxyl groups excluding tert-OH is 1. The topological polar surface area (TPSA) is 94.6 Å². The van der Waals surface area contributed by atoms with Crippen molar-refractivity contribution in [3.63, 3.8) is 0 Å². The van der Waals surface area contributed by atoms with Crippen LogP contribution in [0.2, 0.25) is 0 Å². The molecule has 232 valence electrons. The minimum Gasteiger partial charge on any atom is -0.457 e. The summed E-state index contributed by atoms with van der Waals surface area (Å²) in [6.07, 6.45) is 7.31. The van der Waals surface area contributed by atoms with Crippen molar-refractivity contribution in [2.45, 2.75) is 64.6 Å². The Balaban J connectivity index is 1.25. The Bertz CT molecular complexity index is 1640. The van der Waals surface area contributed by atoms with E-state index in [-0.39, 0.29) is 53.5 Å². The highest BCUT2D eigenvalue weighted by Gasteiger charge is 2.71. The molecule has 44 heavy (non-hydrogen) atoms. The van der Waals surface area contributed by atoms with Crippen molar-refractivity contribution in [3.05, 3.63) is 77.3 Å². The molecule has 1 aromatic carbocycles. The van der Waals surface area contributed by atoms with Crippen molar-refractivity contribution in [2.75, 3.05) is 6.01 Å². The van der Waals surface area contributed by atoms with Crippen molar-refractivity contribution in [3.8, 4) is 5.69 Å². The number of esters is 1. The van der Waals surface area contributed by atoms with Gasteiger partial charge in [-0.05, 0) is 121 Å². The number of alkyl halides is 1. The molecule has 0 radical (unpaired) electrons. The maximum atomic E-state index is 13.7. The van der Waals surface area contributed by atoms with Crippen LogP contribution >= 0.6 is 11.8 Å². The summed E-state index contributed by atoms with van der Waals surface area (Å²) in [5, 5.41) is 16.2. The van der Waals surface area contributed by atoms with Gasteiger partial charge in [0.1, 0.15) is 11.8 Å². The molecule has 8 atom stereocenters. The third-order valence-electron chi connectivity index (χ3n) is 11.4. The van der Waals surface area contributed by atoms with Gasteiger partial charge < -0.3 is 14.3 Å². The molecule has 0 unspecified atom stereocenters. The predicted molar refractivity (Wildman–Crippen MR) is 161 cm³/mol. The summed E-state index contributed by atoms with van der Waals surface area (Å²) in [5.74, 6) is -0.953. The van der Waals surface area contributed by atoms with Crippen molar-refractivity contribution < 1.29 is 32.6 Å². The lowest BCUT2D eigenvalue weighted by Gasteiger charge is -2.61. The van der Waals surface area contributed by atoms with Crippen LogP contribution in [0.4, 0.5) is 8.78 Å². The van der Waals surface area contributed by atoms with E-state index in [1.807, 2.05) is 17.8 Å². The van der Waals surface area contributed by atoms with E-state index in [1.54, 1.807) is 18.2 Å². The molecule has 0 aliphatic heterocycles. The number of fused-ring (bicyclic) bond motifs is 6. The fourth-order valence-corrected chi connectivity index (χ4v) is 10.4. The third kappa shape index (κ3) is 4.12. The first-order valence-corrected chi connectivity index (χ1v) is 16.2. The van der Waals surface area contributed by atoms with Crippen LogP contribution in [0.1, 0.15) is 68.3 Å². The van der Waals surface area contributed by atoms with E-state index in [1.165, 1.54) is 30.0 Å². The van der Waals surface area contributed by atoms with E-state index >= 15 is 0 Å². The molecule has 4 aliphatic carbocycles. The number of aliphatic hydroxyl groups is 1. The first kappa shape index (κ1) is 29.5. The first-order chi connectivity index (χ1) is 21.0. The summed E-state index contributed by atoms with van der Waals surface area (Å²) in [4.78, 5) is 26.9. The summed E-state index contributed by atoms with van der Waals surface area (Å²) in [6, 6.07) is 8.42. The fraction of sp³-hybridized carbons (Fsp3) is 0.500. The molecule has 2 aromatic heterocycles. The second-order valence-corrected chi connectivity index (χ2v) is 14.4. The van der Waals surface area contributed by atoms with Gasteiger partial charge in [-0.25, -0.2) is 18.3 Å². The van der Waals surface area contributed by atoms with E-state index in [4.69, 9.17) is 9.15 Å². The highest BCUT2D eigenvalue weighted by atomic mass is 32.2. The summed E-state index contributed by atoms with van der Waals surface area (Å²) < 4.78 is 40.5. The quantitative estimate of drug-likeness (QED) is 0.313. The van der Waals surface area contributed by atoms with Gasteiger partial charge in [0.15, 0.2) is 5.60 Å². The number of carbonyl (C=O) groups excluding carboxylic acids is 2. The summed E-state index contributed by atoms with van der Waals surface area (Å²) in [7, 11) is 0. The fourth-order valence-electron chi connectivity index (χ4n) is 9.71. The first-order valence-electron chi connectivity index (χ1n) is 15.3. The molecule has 7 nitrogen and oxygen atoms in total. The maximum Gasteiger partial charge on any atom is 0.375 e. The van der Waals surface area contributed by atoms with E-state index in [0.717, 1.165) is 23.4 Å². The van der Waals surface area contributed by atoms with E-state index < -0.39 is 34.2 Å². The molecule has 0 saturated heterocycles. The lowest BCUT2D eigenvalue weighted by atomic mass is 9.44. The van der Waals surface area contributed by atoms with Gasteiger partial charge >= 0.3 is 5.97 Å². The molecular formula is C34H36F2N2O5S. The summed E-state index contributed by atoms with van der Waals surface area (Å²) in [6.45, 7) is 6.39. The van der Waals surface area contributed by atoms with Crippen molar-refractivity contribution in [1.82, 2.24) is 9.78 Å². The maximum absolute atomic E-state index is 13.7. The molecule has 3 aromatic rings. The van der Waals surface area contributed by atoms with Crippen LogP contribution in [0.15, 0.2) is 58.8 Å². The minimum atomic E-state index is -1.58. The van der Waals surface area contributed by atoms with Crippen LogP contribution in [-0.4, -0.2) is 43.7 Å². The highest BCUT2D eigenvalue weighted by Crippen LogP contribution is 2.69. The molecule has 3 fully saturated rings. The van der Waals surface area contributed by atoms with Gasteiger partial charge in [-0.15, -0.1) is 0 Å². The largest absolute Gasteiger partial charge is 0.457 e. The van der Waals surface area contributed by atoms with E-state index in [9.17, 15) is 23.5 Å². The Kier molecular flexibility index (Phi) is 6.97. The van der Waals surface area contributed by atoms with Gasteiger partial charge in [-0.1, -0.05) is 26.3 Å². The molecule has 0 amide bonds. The van der Waals surface area contributed by atoms with Gasteiger partial charge in [0, 0.05) is 5.41 Å². The smallest absolute Gasteiger partial charge is 0.375 e. The van der Waals surface area contributed by atoms with Gasteiger partial charge in [0.25, 0.3) is 0 Å². The van der Waals surface area contributed by atoms with Crippen LogP contribution in [-0.2, 0) is 16.0 Å². The number of rotatable bonds is 5. The Morgan fingerprint density at radius 3 is 2.70 bits per heavy atom. The number of benzene rings is 1. The lowest BCUT2D eigenvalue weighted by molar-refractivity contribution is -0.177. The monoisotopic (exact) mass is 622 g/mol. The molecule has 0 bridgehead atoms. The van der Waals surface area contributed by atoms with Crippen LogP contribution in [0, 0.1) is 40.3 Å². The van der Waals surface area contributed by atoms with Crippen LogP contribution in [0.3, 0.4) is 0 Å². The lowest BCUT2D eigenvalue weighted by Crippen LogP contribution is -2.63. The highest BCUT2D eigenvalue weighted by molar-refractivity contribution is 8.13. The second-order valence-electron chi connectivity index (χ2n) is 13.5. The predicted octanol–water partition coefficient (Wildman–Crippen LogP) is 6.79. The average molecular weight is 623 g/mol. The number of hydrogen-bond acceptors (Lipinski definition) is 7. The van der Waals surface area contributed by atoms with Crippen molar-refractivity contribution in [1.29, 1.82) is 0 Å². The molecule has 10 heteroatoms. The zero-order chi connectivity index (χ0) is 31.0. The number of ether oxygens (including phenoxy) is 1. The minimum absolute atomic E-state index is 0.0171. The van der Waals surface area contributed by atoms with Gasteiger partial charge in [-0.2, -0.15) is 5.10 Å². The van der Waals surface area contributed by atoms with Gasteiger partial charge in [0.05, 0.1) is 29.9 Å². The number of halogens is 2. The Morgan fingerprint density at radius 2 is 2.00 bits per heavy atom. The number of aromatic nitrogens is 2. The van der Waals surface area contributed by atoms with E-state index in [2.05, 4.69) is 25.0 Å². The molecule has 4 aliphatic rings. The molecule has 3 saturated carbocycles. The van der Waals surface area contributed by atoms with Crippen molar-refractivity contribution in [2.24, 2.45) is 34.5 Å². The summed E-state index contributed by atoms with van der Waals surface area (Å²) >= 11 is 0.529. The number of hydrogen-bond donors (Lipinski definition) is 1. The standard InChI is InChI=1S/C34H36F2N2O5S/c1-19-13-23-24-10-11-34(31(41)44-18-35,43-30(40)28-5-4-12-42-28)33(24,3)16-27(39)29(23)32(2)15-20-17-37-38(26(20)14-25(19)32)22-8-6-21(36)7-9-22/h4-9,12,14,17,19,23-24,27,29,39H,10-11,13,15-16,18H2,1-3H3/t19-,23-,24-,27-,29+,32-,33-,34-/m0/s1. The van der Waals surface area contributed by atoms with Crippen molar-refractivity contribution >= 4 is 28.9 Å². The molecule has 2 heterocycles. The van der Waals surface area contributed by atoms with Crippen LogP contribution in [0.5, 0.6) is 0 Å². The average Bonchev–Trinajstić information content (AvgIpc) is 3.71. The Labute approximate surface area is 259 Å². The van der Waals surface area contributed by atoms with E-state index in [0.29, 0.717) is 24.6 Å². The number of furan rings is 1. The zero-order valence-corrected chi connectivity index (χ0v) is 25.8. The number of carbonyl (C=O) groups is 2. The zero-order valence-electron chi connectivity index (χ0n) is 25.0. The Morgan fingerprint density at radius 1 is 1.23 bits per heavy atom. The second kappa shape index (κ2) is 10.4. The van der Waals surface area contributed by atoms with Gasteiger partial charge in [-0.3, -0.25) is 4.79 Å². The van der Waals surface area contributed by atoms with Crippen LogP contribution < -0.4 is 0 Å². The summed E-state index contributed by atoms with van der Waals surface area (Å²) in [5.41, 5.74) is 1.25. The molecule has 7 rings (SSSR count). The van der Waals surface area contributed by atoms with Crippen LogP contribution in [0.25, 0.3) is 11.8 Å².